The first-order valence-corrected chi connectivity index (χ1v) is 8.07. The third-order valence-electron chi connectivity index (χ3n) is 2.19. The third kappa shape index (κ3) is 7.49. The van der Waals surface area contributed by atoms with Gasteiger partial charge in [0, 0.05) is 26.6 Å². The first-order chi connectivity index (χ1) is 11.1. The highest BCUT2D eigenvalue weighted by Gasteiger charge is 2.06. The molecule has 0 fully saturated rings. The van der Waals surface area contributed by atoms with Crippen LogP contribution in [0.3, 0.4) is 0 Å². The van der Waals surface area contributed by atoms with Crippen molar-refractivity contribution < 1.29 is 18.9 Å². The number of halogens is 3. The van der Waals surface area contributed by atoms with Crippen molar-refractivity contribution in [2.24, 2.45) is 0 Å². The van der Waals surface area contributed by atoms with Gasteiger partial charge in [0.25, 0.3) is 0 Å². The first-order valence-electron chi connectivity index (χ1n) is 6.24. The zero-order valence-electron chi connectivity index (χ0n) is 12.5. The maximum atomic E-state index is 5.77. The molecule has 0 atom stereocenters. The van der Waals surface area contributed by atoms with Crippen LogP contribution in [-0.2, 0) is 9.47 Å². The molecule has 0 amide bonds. The quantitative estimate of drug-likeness (QED) is 0.359. The summed E-state index contributed by atoms with van der Waals surface area (Å²) in [5.41, 5.74) is 0. The predicted octanol–water partition coefficient (Wildman–Crippen LogP) is 4.04. The van der Waals surface area contributed by atoms with Crippen LogP contribution >= 0.6 is 45.8 Å². The lowest BCUT2D eigenvalue weighted by atomic mass is 10.5. The highest BCUT2D eigenvalue weighted by molar-refractivity contribution is 14.1. The van der Waals surface area contributed by atoms with E-state index in [4.69, 9.17) is 42.1 Å². The van der Waals surface area contributed by atoms with E-state index in [2.05, 4.69) is 32.6 Å². The number of nitrogens with zero attached hydrogens (tertiary/aromatic N) is 2. The van der Waals surface area contributed by atoms with Gasteiger partial charge in [-0.25, -0.2) is 9.97 Å². The smallest absolute Gasteiger partial charge is 0.188 e. The highest BCUT2D eigenvalue weighted by atomic mass is 127. The Hall–Kier alpha value is -0.870. The van der Waals surface area contributed by atoms with E-state index in [0.717, 1.165) is 3.57 Å². The normalized spacial score (nSPS) is 9.78. The molecule has 0 unspecified atom stereocenters. The number of hydrogen-bond acceptors (Lipinski definition) is 6. The summed E-state index contributed by atoms with van der Waals surface area (Å²) < 4.78 is 20.6. The zero-order valence-corrected chi connectivity index (χ0v) is 16.1. The van der Waals surface area contributed by atoms with Gasteiger partial charge in [-0.1, -0.05) is 23.2 Å². The molecular formula is C14H15Cl2IN2O4. The lowest BCUT2D eigenvalue weighted by molar-refractivity contribution is 0.0503. The van der Waals surface area contributed by atoms with E-state index in [9.17, 15) is 0 Å². The number of pyridine rings is 2. The molecule has 6 nitrogen and oxygen atoms in total. The second kappa shape index (κ2) is 11.6. The minimum atomic E-state index is 0.182. The molecule has 0 N–H and O–H groups in total. The molecule has 0 saturated heterocycles. The second-order valence-corrected chi connectivity index (χ2v) is 5.69. The molecule has 0 bridgehead atoms. The Labute approximate surface area is 158 Å². The molecule has 0 aliphatic carbocycles. The Morgan fingerprint density at radius 1 is 0.957 bits per heavy atom. The molecule has 0 aromatic carbocycles. The molecule has 2 rings (SSSR count). The Kier molecular flexibility index (Phi) is 10.2. The number of hydrogen-bond donors (Lipinski definition) is 0. The van der Waals surface area contributed by atoms with Crippen molar-refractivity contribution >= 4 is 45.8 Å². The number of rotatable bonds is 6. The maximum Gasteiger partial charge on any atom is 0.188 e. The molecule has 0 aliphatic heterocycles. The summed E-state index contributed by atoms with van der Waals surface area (Å²) in [5, 5.41) is 0.712. The number of aromatic nitrogens is 2. The van der Waals surface area contributed by atoms with Gasteiger partial charge in [-0.15, -0.1) is 0 Å². The minimum absolute atomic E-state index is 0.182. The van der Waals surface area contributed by atoms with Gasteiger partial charge in [0.05, 0.1) is 3.57 Å². The van der Waals surface area contributed by atoms with Crippen LogP contribution in [0.5, 0.6) is 11.5 Å². The van der Waals surface area contributed by atoms with Crippen LogP contribution in [0.2, 0.25) is 10.3 Å². The Bertz CT molecular complexity index is 584. The standard InChI is InChI=1S/C7H7ClINO2.C7H8ClNO2/c1-11-4-12-6-5(9)2-3-10-7(6)8;1-10-5-11-6-3-2-4-9-7(6)8/h2-3H,4H2,1H3;2-4H,5H2,1H3. The van der Waals surface area contributed by atoms with Crippen molar-refractivity contribution in [1.29, 1.82) is 0 Å². The van der Waals surface area contributed by atoms with Crippen molar-refractivity contribution in [3.8, 4) is 11.5 Å². The van der Waals surface area contributed by atoms with E-state index < -0.39 is 0 Å². The van der Waals surface area contributed by atoms with Gasteiger partial charge in [0.1, 0.15) is 0 Å². The summed E-state index contributed by atoms with van der Waals surface area (Å²) in [5.74, 6) is 1.11. The Balaban J connectivity index is 0.000000231. The summed E-state index contributed by atoms with van der Waals surface area (Å²) >= 11 is 13.6. The Morgan fingerprint density at radius 3 is 2.22 bits per heavy atom. The van der Waals surface area contributed by atoms with E-state index in [1.807, 2.05) is 6.07 Å². The van der Waals surface area contributed by atoms with Crippen molar-refractivity contribution in [2.75, 3.05) is 27.8 Å². The Morgan fingerprint density at radius 2 is 1.61 bits per heavy atom. The average Bonchev–Trinajstić information content (AvgIpc) is 2.54. The summed E-state index contributed by atoms with van der Waals surface area (Å²) in [7, 11) is 3.10. The molecule has 0 aliphatic rings. The number of ether oxygens (including phenoxy) is 4. The molecule has 23 heavy (non-hydrogen) atoms. The van der Waals surface area contributed by atoms with E-state index in [0.29, 0.717) is 21.8 Å². The summed E-state index contributed by atoms with van der Waals surface area (Å²) in [6.45, 7) is 0.368. The molecule has 2 heterocycles. The van der Waals surface area contributed by atoms with Gasteiger partial charge in [-0.05, 0) is 40.8 Å². The van der Waals surface area contributed by atoms with E-state index in [1.54, 1.807) is 38.7 Å². The second-order valence-electron chi connectivity index (χ2n) is 3.81. The molecular weight excluding hydrogens is 458 g/mol. The number of methoxy groups -OCH3 is 2. The van der Waals surface area contributed by atoms with Crippen LogP contribution in [0.15, 0.2) is 30.6 Å². The van der Waals surface area contributed by atoms with Crippen LogP contribution < -0.4 is 9.47 Å². The fourth-order valence-corrected chi connectivity index (χ4v) is 2.37. The molecule has 0 spiro atoms. The summed E-state index contributed by atoms with van der Waals surface area (Å²) in [4.78, 5) is 7.69. The molecule has 2 aromatic rings. The SMILES string of the molecule is COCOc1c(I)ccnc1Cl.COCOc1cccnc1Cl. The third-order valence-corrected chi connectivity index (χ3v) is 3.59. The van der Waals surface area contributed by atoms with Gasteiger partial charge in [-0.2, -0.15) is 0 Å². The summed E-state index contributed by atoms with van der Waals surface area (Å²) in [6, 6.07) is 5.29. The molecule has 126 valence electrons. The van der Waals surface area contributed by atoms with Crippen molar-refractivity contribution in [2.45, 2.75) is 0 Å². The fourth-order valence-electron chi connectivity index (χ4n) is 1.25. The molecule has 0 saturated carbocycles. The van der Waals surface area contributed by atoms with E-state index in [-0.39, 0.29) is 13.6 Å². The van der Waals surface area contributed by atoms with Gasteiger partial charge in [0.2, 0.25) is 0 Å². The van der Waals surface area contributed by atoms with E-state index >= 15 is 0 Å². The largest absolute Gasteiger partial charge is 0.464 e. The lowest BCUT2D eigenvalue weighted by Gasteiger charge is -2.06. The van der Waals surface area contributed by atoms with Crippen LogP contribution in [0.4, 0.5) is 0 Å². The molecule has 9 heteroatoms. The minimum Gasteiger partial charge on any atom is -0.464 e. The highest BCUT2D eigenvalue weighted by Crippen LogP contribution is 2.27. The van der Waals surface area contributed by atoms with Crippen LogP contribution in [0.1, 0.15) is 0 Å². The van der Waals surface area contributed by atoms with Crippen LogP contribution in [0.25, 0.3) is 0 Å². The monoisotopic (exact) mass is 472 g/mol. The van der Waals surface area contributed by atoms with Gasteiger partial charge in [-0.3, -0.25) is 0 Å². The van der Waals surface area contributed by atoms with Crippen molar-refractivity contribution in [3.63, 3.8) is 0 Å². The van der Waals surface area contributed by atoms with Gasteiger partial charge < -0.3 is 18.9 Å². The first kappa shape index (κ1) is 20.2. The average molecular weight is 473 g/mol. The van der Waals surface area contributed by atoms with Gasteiger partial charge in [0.15, 0.2) is 35.4 Å². The van der Waals surface area contributed by atoms with Crippen molar-refractivity contribution in [3.05, 3.63) is 44.5 Å². The van der Waals surface area contributed by atoms with Crippen LogP contribution in [0, 0.1) is 3.57 Å². The lowest BCUT2D eigenvalue weighted by Crippen LogP contribution is -2.01. The van der Waals surface area contributed by atoms with E-state index in [1.165, 1.54) is 0 Å². The van der Waals surface area contributed by atoms with Crippen LogP contribution in [-0.4, -0.2) is 37.8 Å². The maximum absolute atomic E-state index is 5.77. The predicted molar refractivity (Wildman–Crippen MR) is 96.2 cm³/mol. The van der Waals surface area contributed by atoms with Crippen molar-refractivity contribution in [1.82, 2.24) is 9.97 Å². The summed E-state index contributed by atoms with van der Waals surface area (Å²) in [6.07, 6.45) is 3.23. The molecule has 2 aromatic heterocycles. The zero-order chi connectivity index (χ0) is 17.1. The fraction of sp³-hybridized carbons (Fsp3) is 0.286. The molecule has 0 radical (unpaired) electrons. The van der Waals surface area contributed by atoms with Gasteiger partial charge >= 0.3 is 0 Å². The topological polar surface area (TPSA) is 62.7 Å².